The summed E-state index contributed by atoms with van der Waals surface area (Å²) in [6, 6.07) is 0. The molecule has 0 atom stereocenters. The molecular formula is C14H26N4O2S. The Kier molecular flexibility index (Phi) is 7.07. The number of nitrogens with zero attached hydrogens (tertiary/aromatic N) is 2. The number of aromatic nitrogens is 2. The summed E-state index contributed by atoms with van der Waals surface area (Å²) in [7, 11) is -1.90. The van der Waals surface area contributed by atoms with Gasteiger partial charge in [-0.25, -0.2) is 12.7 Å². The van der Waals surface area contributed by atoms with E-state index in [4.69, 9.17) is 0 Å². The van der Waals surface area contributed by atoms with Crippen LogP contribution >= 0.6 is 0 Å². The van der Waals surface area contributed by atoms with Crippen molar-refractivity contribution in [1.29, 1.82) is 0 Å². The lowest BCUT2D eigenvalue weighted by Crippen LogP contribution is -2.29. The monoisotopic (exact) mass is 314 g/mol. The van der Waals surface area contributed by atoms with Crippen molar-refractivity contribution < 1.29 is 8.42 Å². The second kappa shape index (κ2) is 8.31. The molecular weight excluding hydrogens is 288 g/mol. The van der Waals surface area contributed by atoms with Gasteiger partial charge in [0.1, 0.15) is 4.90 Å². The molecule has 1 aromatic heterocycles. The molecule has 1 heterocycles. The standard InChI is InChI=1S/C14H26N4O2S/c1-5-7-8-10-18(4)21(19,20)14-12(3)16-17-13(14)11-15-9-6-2/h5,15H,1,6-11H2,2-4H3,(H,16,17). The average Bonchev–Trinajstić information content (AvgIpc) is 2.81. The highest BCUT2D eigenvalue weighted by Crippen LogP contribution is 2.21. The maximum Gasteiger partial charge on any atom is 0.246 e. The second-order valence-corrected chi connectivity index (χ2v) is 7.04. The van der Waals surface area contributed by atoms with Crippen LogP contribution in [-0.4, -0.2) is 43.1 Å². The van der Waals surface area contributed by atoms with Crippen molar-refractivity contribution in [2.45, 2.75) is 44.6 Å². The van der Waals surface area contributed by atoms with Crippen LogP contribution in [0.3, 0.4) is 0 Å². The minimum Gasteiger partial charge on any atom is -0.311 e. The van der Waals surface area contributed by atoms with E-state index < -0.39 is 10.0 Å². The topological polar surface area (TPSA) is 78.1 Å². The van der Waals surface area contributed by atoms with Crippen LogP contribution in [-0.2, 0) is 16.6 Å². The molecule has 0 saturated heterocycles. The zero-order chi connectivity index (χ0) is 15.9. The van der Waals surface area contributed by atoms with Gasteiger partial charge in [-0.1, -0.05) is 13.0 Å². The van der Waals surface area contributed by atoms with Crippen LogP contribution in [0.1, 0.15) is 37.6 Å². The number of sulfonamides is 1. The maximum absolute atomic E-state index is 12.7. The van der Waals surface area contributed by atoms with Gasteiger partial charge in [-0.05, 0) is 32.7 Å². The van der Waals surface area contributed by atoms with E-state index in [-0.39, 0.29) is 0 Å². The van der Waals surface area contributed by atoms with Crippen LogP contribution in [0.5, 0.6) is 0 Å². The summed E-state index contributed by atoms with van der Waals surface area (Å²) in [6.45, 7) is 9.21. The van der Waals surface area contributed by atoms with Crippen molar-refractivity contribution in [3.63, 3.8) is 0 Å². The van der Waals surface area contributed by atoms with Crippen molar-refractivity contribution in [3.05, 3.63) is 24.0 Å². The molecule has 0 spiro atoms. The predicted molar refractivity (Wildman–Crippen MR) is 84.6 cm³/mol. The van der Waals surface area contributed by atoms with Crippen LogP contribution in [0, 0.1) is 6.92 Å². The molecule has 21 heavy (non-hydrogen) atoms. The number of aryl methyl sites for hydroxylation is 1. The lowest BCUT2D eigenvalue weighted by Gasteiger charge is -2.17. The van der Waals surface area contributed by atoms with Gasteiger partial charge in [0.2, 0.25) is 10.0 Å². The zero-order valence-electron chi connectivity index (χ0n) is 13.1. The van der Waals surface area contributed by atoms with Crippen molar-refractivity contribution >= 4 is 10.0 Å². The van der Waals surface area contributed by atoms with E-state index in [1.165, 1.54) is 4.31 Å². The molecule has 2 N–H and O–H groups in total. The molecule has 120 valence electrons. The predicted octanol–water partition coefficient (Wildman–Crippen LogP) is 1.80. The van der Waals surface area contributed by atoms with Gasteiger partial charge in [-0.15, -0.1) is 6.58 Å². The molecule has 0 radical (unpaired) electrons. The summed E-state index contributed by atoms with van der Waals surface area (Å²) in [4.78, 5) is 0.298. The first kappa shape index (κ1) is 17.9. The number of hydrogen-bond acceptors (Lipinski definition) is 4. The highest BCUT2D eigenvalue weighted by Gasteiger charge is 2.27. The van der Waals surface area contributed by atoms with Crippen LogP contribution in [0.15, 0.2) is 17.6 Å². The van der Waals surface area contributed by atoms with Gasteiger partial charge in [-0.2, -0.15) is 5.10 Å². The summed E-state index contributed by atoms with van der Waals surface area (Å²) in [5, 5.41) is 10.1. The Morgan fingerprint density at radius 2 is 2.19 bits per heavy atom. The number of aromatic amines is 1. The largest absolute Gasteiger partial charge is 0.311 e. The number of nitrogens with one attached hydrogen (secondary N) is 2. The summed E-state index contributed by atoms with van der Waals surface area (Å²) in [6.07, 6.45) is 4.35. The molecule has 0 bridgehead atoms. The minimum atomic E-state index is -3.51. The zero-order valence-corrected chi connectivity index (χ0v) is 14.0. The minimum absolute atomic E-state index is 0.298. The third kappa shape index (κ3) is 4.66. The quantitative estimate of drug-likeness (QED) is 0.510. The Balaban J connectivity index is 2.90. The molecule has 1 aromatic rings. The van der Waals surface area contributed by atoms with Crippen LogP contribution in [0.2, 0.25) is 0 Å². The normalized spacial score (nSPS) is 12.0. The van der Waals surface area contributed by atoms with Gasteiger partial charge in [0, 0.05) is 20.1 Å². The van der Waals surface area contributed by atoms with E-state index in [0.717, 1.165) is 25.8 Å². The van der Waals surface area contributed by atoms with E-state index in [9.17, 15) is 8.42 Å². The highest BCUT2D eigenvalue weighted by molar-refractivity contribution is 7.89. The summed E-state index contributed by atoms with van der Waals surface area (Å²) >= 11 is 0. The van der Waals surface area contributed by atoms with E-state index in [1.807, 2.05) is 0 Å². The number of hydrogen-bond donors (Lipinski definition) is 2. The van der Waals surface area contributed by atoms with E-state index in [1.54, 1.807) is 20.0 Å². The Bertz CT molecular complexity index is 551. The van der Waals surface area contributed by atoms with Gasteiger partial charge in [0.15, 0.2) is 0 Å². The number of allylic oxidation sites excluding steroid dienone is 1. The lowest BCUT2D eigenvalue weighted by molar-refractivity contribution is 0.461. The fourth-order valence-corrected chi connectivity index (χ4v) is 3.58. The number of H-pyrrole nitrogens is 1. The van der Waals surface area contributed by atoms with Crippen molar-refractivity contribution in [2.75, 3.05) is 20.1 Å². The summed E-state index contributed by atoms with van der Waals surface area (Å²) in [5.74, 6) is 0. The van der Waals surface area contributed by atoms with E-state index in [2.05, 4.69) is 29.0 Å². The van der Waals surface area contributed by atoms with Crippen LogP contribution < -0.4 is 5.32 Å². The van der Waals surface area contributed by atoms with Crippen molar-refractivity contribution in [3.8, 4) is 0 Å². The van der Waals surface area contributed by atoms with E-state index in [0.29, 0.717) is 29.4 Å². The Labute approximate surface area is 127 Å². The maximum atomic E-state index is 12.7. The smallest absolute Gasteiger partial charge is 0.246 e. The average molecular weight is 314 g/mol. The number of rotatable bonds is 10. The highest BCUT2D eigenvalue weighted by atomic mass is 32.2. The first-order valence-electron chi connectivity index (χ1n) is 7.26. The molecule has 0 amide bonds. The molecule has 0 fully saturated rings. The Morgan fingerprint density at radius 3 is 2.81 bits per heavy atom. The van der Waals surface area contributed by atoms with Gasteiger partial charge in [-0.3, -0.25) is 5.10 Å². The molecule has 0 aliphatic carbocycles. The van der Waals surface area contributed by atoms with Gasteiger partial charge < -0.3 is 5.32 Å². The molecule has 7 heteroatoms. The Morgan fingerprint density at radius 1 is 1.48 bits per heavy atom. The first-order chi connectivity index (χ1) is 9.95. The van der Waals surface area contributed by atoms with E-state index >= 15 is 0 Å². The van der Waals surface area contributed by atoms with Crippen molar-refractivity contribution in [1.82, 2.24) is 19.8 Å². The molecule has 0 aliphatic rings. The Hall–Kier alpha value is -1.18. The SMILES string of the molecule is C=CCCCN(C)S(=O)(=O)c1c(CNCCC)n[nH]c1C. The van der Waals surface area contributed by atoms with Crippen LogP contribution in [0.4, 0.5) is 0 Å². The summed E-state index contributed by atoms with van der Waals surface area (Å²) < 4.78 is 26.7. The van der Waals surface area contributed by atoms with Crippen LogP contribution in [0.25, 0.3) is 0 Å². The molecule has 0 unspecified atom stereocenters. The third-order valence-corrected chi connectivity index (χ3v) is 5.29. The number of unbranched alkanes of at least 4 members (excludes halogenated alkanes) is 1. The summed E-state index contributed by atoms with van der Waals surface area (Å²) in [5.41, 5.74) is 1.13. The second-order valence-electron chi connectivity index (χ2n) is 5.06. The fraction of sp³-hybridized carbons (Fsp3) is 0.643. The third-order valence-electron chi connectivity index (χ3n) is 3.23. The lowest BCUT2D eigenvalue weighted by atomic mass is 10.3. The molecule has 0 aromatic carbocycles. The molecule has 0 saturated carbocycles. The van der Waals surface area contributed by atoms with Crippen molar-refractivity contribution in [2.24, 2.45) is 0 Å². The fourth-order valence-electron chi connectivity index (χ4n) is 2.05. The van der Waals surface area contributed by atoms with Gasteiger partial charge in [0.25, 0.3) is 0 Å². The molecule has 6 nitrogen and oxygen atoms in total. The molecule has 0 aliphatic heterocycles. The van der Waals surface area contributed by atoms with Gasteiger partial charge in [0.05, 0.1) is 11.4 Å². The first-order valence-corrected chi connectivity index (χ1v) is 8.71. The van der Waals surface area contributed by atoms with Gasteiger partial charge >= 0.3 is 0 Å². The molecule has 1 rings (SSSR count).